The molecule has 0 aliphatic rings. The number of ether oxygens (including phenoxy) is 1. The molecule has 2 aromatic heterocycles. The third-order valence-electron chi connectivity index (χ3n) is 4.25. The number of sulfonamides is 1. The second-order valence-corrected chi connectivity index (χ2v) is 11.6. The summed E-state index contributed by atoms with van der Waals surface area (Å²) in [6, 6.07) is 8.89. The fourth-order valence-electron chi connectivity index (χ4n) is 2.78. The minimum atomic E-state index is -3.87. The Labute approximate surface area is 183 Å². The first-order chi connectivity index (χ1) is 14.5. The van der Waals surface area contributed by atoms with E-state index < -0.39 is 36.8 Å². The van der Waals surface area contributed by atoms with Gasteiger partial charge >= 0.3 is 0 Å². The number of nitrogens with one attached hydrogen (secondary N) is 1. The summed E-state index contributed by atoms with van der Waals surface area (Å²) in [5.41, 5.74) is 2.01. The first-order valence-corrected chi connectivity index (χ1v) is 13.3. The van der Waals surface area contributed by atoms with Crippen LogP contribution >= 0.6 is 11.3 Å². The average molecular weight is 485 g/mol. The highest BCUT2D eigenvalue weighted by Crippen LogP contribution is 2.33. The van der Waals surface area contributed by atoms with Gasteiger partial charge in [-0.3, -0.25) is 9.78 Å². The summed E-state index contributed by atoms with van der Waals surface area (Å²) in [5, 5.41) is 5.73. The van der Waals surface area contributed by atoms with Crippen LogP contribution in [0.25, 0.3) is 21.5 Å². The molecule has 0 saturated heterocycles. The molecule has 1 aromatic carbocycles. The number of pyridine rings is 1. The molecule has 0 saturated carbocycles. The van der Waals surface area contributed by atoms with E-state index in [4.69, 9.17) is 9.88 Å². The lowest BCUT2D eigenvalue weighted by atomic mass is 10.1. The smallest absolute Gasteiger partial charge is 0.245 e. The number of carbonyl (C=O) groups is 1. The van der Waals surface area contributed by atoms with E-state index in [0.717, 1.165) is 23.2 Å². The van der Waals surface area contributed by atoms with Crippen LogP contribution < -0.4 is 15.2 Å². The standard InChI is InChI=1S/C18H20N4O6S3/c1-28-12-4-6-13(21-10-12)11-3-5-14-15(9-11)29-18(22-14)16(30(2,24)25)17(23)20-7-8-31(19,26)27/h3-6,9-10,16H,7-8H2,1-2H3,(H,20,23)(H2,19,26,27). The van der Waals surface area contributed by atoms with Gasteiger partial charge in [0.1, 0.15) is 10.8 Å². The second-order valence-electron chi connectivity index (χ2n) is 6.69. The number of benzene rings is 1. The van der Waals surface area contributed by atoms with Gasteiger partial charge in [0, 0.05) is 18.4 Å². The van der Waals surface area contributed by atoms with Crippen molar-refractivity contribution in [2.45, 2.75) is 5.25 Å². The summed E-state index contributed by atoms with van der Waals surface area (Å²) in [5.74, 6) is -0.746. The Bertz CT molecular complexity index is 1320. The summed E-state index contributed by atoms with van der Waals surface area (Å²) >= 11 is 1.07. The van der Waals surface area contributed by atoms with Gasteiger partial charge in [-0.2, -0.15) is 0 Å². The molecular formula is C18H20N4O6S3. The lowest BCUT2D eigenvalue weighted by Gasteiger charge is -2.12. The van der Waals surface area contributed by atoms with Crippen molar-refractivity contribution in [3.63, 3.8) is 0 Å². The third-order valence-corrected chi connectivity index (χ3v) is 7.55. The molecule has 2 heterocycles. The lowest BCUT2D eigenvalue weighted by Crippen LogP contribution is -2.37. The van der Waals surface area contributed by atoms with E-state index in [-0.39, 0.29) is 11.6 Å². The topological polar surface area (TPSA) is 158 Å². The molecule has 3 aromatic rings. The summed E-state index contributed by atoms with van der Waals surface area (Å²) in [4.78, 5) is 21.2. The van der Waals surface area contributed by atoms with Crippen molar-refractivity contribution in [2.24, 2.45) is 5.14 Å². The quantitative estimate of drug-likeness (QED) is 0.476. The molecule has 0 aliphatic heterocycles. The highest BCUT2D eigenvalue weighted by Gasteiger charge is 2.34. The van der Waals surface area contributed by atoms with Gasteiger partial charge in [0.25, 0.3) is 0 Å². The fraction of sp³-hybridized carbons (Fsp3) is 0.278. The van der Waals surface area contributed by atoms with Crippen molar-refractivity contribution in [3.8, 4) is 17.0 Å². The predicted molar refractivity (Wildman–Crippen MR) is 118 cm³/mol. The van der Waals surface area contributed by atoms with Crippen molar-refractivity contribution in [3.05, 3.63) is 41.5 Å². The molecule has 10 nitrogen and oxygen atoms in total. The maximum atomic E-state index is 12.5. The molecule has 1 unspecified atom stereocenters. The molecule has 0 fully saturated rings. The van der Waals surface area contributed by atoms with Crippen LogP contribution in [0.3, 0.4) is 0 Å². The van der Waals surface area contributed by atoms with Crippen LogP contribution in [0.5, 0.6) is 5.75 Å². The van der Waals surface area contributed by atoms with E-state index in [9.17, 15) is 21.6 Å². The van der Waals surface area contributed by atoms with E-state index in [0.29, 0.717) is 21.7 Å². The molecular weight excluding hydrogens is 464 g/mol. The van der Waals surface area contributed by atoms with E-state index in [2.05, 4.69) is 15.3 Å². The number of rotatable bonds is 8. The largest absolute Gasteiger partial charge is 0.495 e. The number of fused-ring (bicyclic) bond motifs is 1. The molecule has 1 atom stereocenters. The van der Waals surface area contributed by atoms with Crippen molar-refractivity contribution in [1.82, 2.24) is 15.3 Å². The Kier molecular flexibility index (Phi) is 6.59. The molecule has 3 rings (SSSR count). The van der Waals surface area contributed by atoms with Crippen LogP contribution in [-0.2, 0) is 24.7 Å². The lowest BCUT2D eigenvalue weighted by molar-refractivity contribution is -0.120. The number of amides is 1. The van der Waals surface area contributed by atoms with E-state index in [1.54, 1.807) is 37.6 Å². The van der Waals surface area contributed by atoms with Crippen molar-refractivity contribution in [1.29, 1.82) is 0 Å². The second kappa shape index (κ2) is 8.86. The van der Waals surface area contributed by atoms with E-state index in [1.807, 2.05) is 6.07 Å². The zero-order valence-corrected chi connectivity index (χ0v) is 19.1. The highest BCUT2D eigenvalue weighted by molar-refractivity contribution is 7.91. The maximum absolute atomic E-state index is 12.5. The van der Waals surface area contributed by atoms with Gasteiger partial charge in [-0.1, -0.05) is 6.07 Å². The van der Waals surface area contributed by atoms with E-state index in [1.165, 1.54) is 0 Å². The number of primary sulfonamides is 1. The van der Waals surface area contributed by atoms with Crippen LogP contribution in [0.4, 0.5) is 0 Å². The summed E-state index contributed by atoms with van der Waals surface area (Å²) in [6.07, 6.45) is 2.51. The van der Waals surface area contributed by atoms with Crippen LogP contribution in [0, 0.1) is 0 Å². The molecule has 0 spiro atoms. The number of sulfone groups is 1. The maximum Gasteiger partial charge on any atom is 0.245 e. The number of aromatic nitrogens is 2. The average Bonchev–Trinajstić information content (AvgIpc) is 3.08. The molecule has 3 N–H and O–H groups in total. The Morgan fingerprint density at radius 1 is 1.23 bits per heavy atom. The Balaban J connectivity index is 1.92. The summed E-state index contributed by atoms with van der Waals surface area (Å²) in [6.45, 7) is -0.304. The fourth-order valence-corrected chi connectivity index (χ4v) is 5.72. The zero-order chi connectivity index (χ0) is 22.8. The van der Waals surface area contributed by atoms with Crippen molar-refractivity contribution >= 4 is 47.3 Å². The van der Waals surface area contributed by atoms with Crippen LogP contribution in [0.2, 0.25) is 0 Å². The Hall–Kier alpha value is -2.61. The monoisotopic (exact) mass is 484 g/mol. The minimum Gasteiger partial charge on any atom is -0.495 e. The Morgan fingerprint density at radius 2 is 1.97 bits per heavy atom. The number of methoxy groups -OCH3 is 1. The zero-order valence-electron chi connectivity index (χ0n) is 16.6. The SMILES string of the molecule is COc1ccc(-c2ccc3nc(C(C(=O)NCCS(N)(=O)=O)S(C)(=O)=O)sc3c2)nc1. The number of nitrogens with two attached hydrogens (primary N) is 1. The van der Waals surface area contributed by atoms with Crippen LogP contribution in [0.1, 0.15) is 10.3 Å². The van der Waals surface area contributed by atoms with Crippen molar-refractivity contribution < 1.29 is 26.4 Å². The van der Waals surface area contributed by atoms with Gasteiger partial charge in [0.2, 0.25) is 15.9 Å². The molecule has 0 bridgehead atoms. The van der Waals surface area contributed by atoms with Gasteiger partial charge in [-0.15, -0.1) is 11.3 Å². The number of nitrogens with zero attached hydrogens (tertiary/aromatic N) is 2. The number of hydrogen-bond donors (Lipinski definition) is 2. The number of carbonyl (C=O) groups excluding carboxylic acids is 1. The predicted octanol–water partition coefficient (Wildman–Crippen LogP) is 0.857. The first-order valence-electron chi connectivity index (χ1n) is 8.86. The molecule has 1 amide bonds. The summed E-state index contributed by atoms with van der Waals surface area (Å²) < 4.78 is 52.5. The van der Waals surface area contributed by atoms with Crippen LogP contribution in [-0.4, -0.2) is 58.4 Å². The number of hydrogen-bond acceptors (Lipinski definition) is 9. The highest BCUT2D eigenvalue weighted by atomic mass is 32.2. The van der Waals surface area contributed by atoms with Gasteiger partial charge in [0.15, 0.2) is 15.1 Å². The summed E-state index contributed by atoms with van der Waals surface area (Å²) in [7, 11) is -6.12. The van der Waals surface area contributed by atoms with Crippen LogP contribution in [0.15, 0.2) is 36.5 Å². The first kappa shape index (κ1) is 23.1. The minimum absolute atomic E-state index is 0.0884. The molecule has 31 heavy (non-hydrogen) atoms. The third kappa shape index (κ3) is 5.76. The van der Waals surface area contributed by atoms with Gasteiger partial charge in [-0.05, 0) is 24.3 Å². The van der Waals surface area contributed by atoms with E-state index >= 15 is 0 Å². The normalized spacial score (nSPS) is 13.1. The number of thiazole rings is 1. The molecule has 0 aliphatic carbocycles. The molecule has 13 heteroatoms. The molecule has 0 radical (unpaired) electrons. The van der Waals surface area contributed by atoms with Gasteiger partial charge in [0.05, 0.1) is 35.0 Å². The molecule has 166 valence electrons. The Morgan fingerprint density at radius 3 is 2.55 bits per heavy atom. The van der Waals surface area contributed by atoms with Crippen molar-refractivity contribution in [2.75, 3.05) is 25.7 Å². The van der Waals surface area contributed by atoms with Gasteiger partial charge in [-0.25, -0.2) is 27.0 Å². The van der Waals surface area contributed by atoms with Gasteiger partial charge < -0.3 is 10.1 Å².